The van der Waals surface area contributed by atoms with Gasteiger partial charge in [0.15, 0.2) is 0 Å². The van der Waals surface area contributed by atoms with Crippen molar-refractivity contribution in [3.8, 4) is 5.75 Å². The molecule has 1 aliphatic heterocycles. The molecular weight excluding hydrogens is 440 g/mol. The Morgan fingerprint density at radius 3 is 2.60 bits per heavy atom. The molecule has 0 radical (unpaired) electrons. The number of piperazine rings is 1. The molecule has 0 unspecified atom stereocenters. The van der Waals surface area contributed by atoms with Crippen LogP contribution >= 0.6 is 0 Å². The molecule has 8 nitrogen and oxygen atoms in total. The van der Waals surface area contributed by atoms with E-state index in [1.807, 2.05) is 60.5 Å². The van der Waals surface area contributed by atoms with Gasteiger partial charge in [0.25, 0.3) is 0 Å². The van der Waals surface area contributed by atoms with E-state index in [0.29, 0.717) is 11.5 Å². The van der Waals surface area contributed by atoms with Gasteiger partial charge in [0.2, 0.25) is 5.91 Å². The topological polar surface area (TPSA) is 73.0 Å². The maximum atomic E-state index is 11.6. The molecule has 1 amide bonds. The quantitative estimate of drug-likeness (QED) is 0.469. The van der Waals surface area contributed by atoms with Gasteiger partial charge in [-0.25, -0.2) is 4.98 Å². The molecule has 0 aliphatic carbocycles. The summed E-state index contributed by atoms with van der Waals surface area (Å²) < 4.78 is 5.69. The third-order valence-corrected chi connectivity index (χ3v) is 6.08. The highest BCUT2D eigenvalue weighted by Crippen LogP contribution is 2.33. The van der Waals surface area contributed by atoms with E-state index < -0.39 is 0 Å². The van der Waals surface area contributed by atoms with Gasteiger partial charge in [-0.3, -0.25) is 4.79 Å². The molecule has 2 N–H and O–H groups in total. The molecule has 0 spiro atoms. The van der Waals surface area contributed by atoms with Crippen molar-refractivity contribution in [2.45, 2.75) is 0 Å². The van der Waals surface area contributed by atoms with Crippen LogP contribution in [0.5, 0.6) is 5.75 Å². The lowest BCUT2D eigenvalue weighted by molar-refractivity contribution is -0.111. The molecule has 3 aromatic rings. The van der Waals surface area contributed by atoms with Gasteiger partial charge in [-0.1, -0.05) is 18.7 Å². The van der Waals surface area contributed by atoms with E-state index in [1.54, 1.807) is 7.11 Å². The minimum Gasteiger partial charge on any atom is -0.494 e. The van der Waals surface area contributed by atoms with Crippen LogP contribution in [-0.2, 0) is 4.79 Å². The number of hydrogen-bond donors (Lipinski definition) is 2. The van der Waals surface area contributed by atoms with E-state index >= 15 is 0 Å². The van der Waals surface area contributed by atoms with E-state index in [4.69, 9.17) is 9.72 Å². The van der Waals surface area contributed by atoms with Gasteiger partial charge in [-0.15, -0.1) is 0 Å². The lowest BCUT2D eigenvalue weighted by atomic mass is 10.2. The third kappa shape index (κ3) is 5.91. The van der Waals surface area contributed by atoms with Crippen LogP contribution in [0.3, 0.4) is 0 Å². The minimum absolute atomic E-state index is 0.248. The number of methoxy groups -OCH3 is 1. The Hall–Kier alpha value is -4.04. The van der Waals surface area contributed by atoms with E-state index in [2.05, 4.69) is 46.2 Å². The highest BCUT2D eigenvalue weighted by atomic mass is 16.5. The number of amides is 1. The number of benzene rings is 2. The molecule has 2 heterocycles. The normalized spacial score (nSPS) is 13.7. The van der Waals surface area contributed by atoms with Gasteiger partial charge in [0, 0.05) is 56.4 Å². The molecule has 2 aromatic carbocycles. The van der Waals surface area contributed by atoms with E-state index in [1.165, 1.54) is 6.08 Å². The van der Waals surface area contributed by atoms with Crippen molar-refractivity contribution in [2.24, 2.45) is 0 Å². The molecule has 4 rings (SSSR count). The lowest BCUT2D eigenvalue weighted by Crippen LogP contribution is -2.44. The molecule has 0 atom stereocenters. The van der Waals surface area contributed by atoms with Crippen molar-refractivity contribution in [1.82, 2.24) is 9.88 Å². The predicted molar refractivity (Wildman–Crippen MR) is 144 cm³/mol. The Morgan fingerprint density at radius 1 is 1.09 bits per heavy atom. The van der Waals surface area contributed by atoms with Crippen molar-refractivity contribution < 1.29 is 9.53 Å². The number of ether oxygens (including phenoxy) is 1. The zero-order valence-electron chi connectivity index (χ0n) is 20.5. The number of hydrogen-bond acceptors (Lipinski definition) is 7. The molecule has 1 fully saturated rings. The monoisotopic (exact) mass is 472 g/mol. The molecular formula is C27H32N6O2. The number of anilines is 6. The van der Waals surface area contributed by atoms with Gasteiger partial charge >= 0.3 is 0 Å². The van der Waals surface area contributed by atoms with Crippen LogP contribution in [-0.4, -0.2) is 63.2 Å². The lowest BCUT2D eigenvalue weighted by Gasteiger charge is -2.34. The Balaban J connectivity index is 1.51. The number of carbonyl (C=O) groups is 1. The summed E-state index contributed by atoms with van der Waals surface area (Å²) in [7, 11) is 5.77. The number of rotatable bonds is 8. The fourth-order valence-electron chi connectivity index (χ4n) is 3.98. The number of nitrogens with zero attached hydrogens (tertiary/aromatic N) is 4. The zero-order valence-corrected chi connectivity index (χ0v) is 20.5. The third-order valence-electron chi connectivity index (χ3n) is 6.08. The number of pyridine rings is 1. The van der Waals surface area contributed by atoms with Crippen molar-refractivity contribution in [1.29, 1.82) is 0 Å². The summed E-state index contributed by atoms with van der Waals surface area (Å²) in [4.78, 5) is 23.1. The van der Waals surface area contributed by atoms with Crippen molar-refractivity contribution in [3.05, 3.63) is 73.3 Å². The fourth-order valence-corrected chi connectivity index (χ4v) is 3.98. The SMILES string of the molecule is C=CC(=O)Nc1cccc(N(C)c2cccc(Nc3ccc(N4CCN(C)CC4)cc3OC)n2)c1. The Labute approximate surface area is 206 Å². The molecule has 0 saturated carbocycles. The summed E-state index contributed by atoms with van der Waals surface area (Å²) in [5.41, 5.74) is 3.60. The van der Waals surface area contributed by atoms with Crippen molar-refractivity contribution >= 4 is 40.3 Å². The van der Waals surface area contributed by atoms with Gasteiger partial charge in [0.1, 0.15) is 17.4 Å². The molecule has 35 heavy (non-hydrogen) atoms. The number of aromatic nitrogens is 1. The van der Waals surface area contributed by atoms with E-state index in [0.717, 1.165) is 54.8 Å². The average molecular weight is 473 g/mol. The van der Waals surface area contributed by atoms with Crippen LogP contribution in [0.25, 0.3) is 0 Å². The second kappa shape index (κ2) is 10.9. The number of carbonyl (C=O) groups excluding carboxylic acids is 1. The zero-order chi connectivity index (χ0) is 24.8. The Morgan fingerprint density at radius 2 is 1.86 bits per heavy atom. The van der Waals surface area contributed by atoms with E-state index in [9.17, 15) is 4.79 Å². The molecule has 1 aromatic heterocycles. The Kier molecular flexibility index (Phi) is 7.52. The number of nitrogens with one attached hydrogen (secondary N) is 2. The van der Waals surface area contributed by atoms with E-state index in [-0.39, 0.29) is 5.91 Å². The first-order valence-electron chi connectivity index (χ1n) is 11.6. The van der Waals surface area contributed by atoms with Crippen molar-refractivity contribution in [3.63, 3.8) is 0 Å². The second-order valence-electron chi connectivity index (χ2n) is 8.48. The highest BCUT2D eigenvalue weighted by Gasteiger charge is 2.16. The van der Waals surface area contributed by atoms with Gasteiger partial charge < -0.3 is 30.1 Å². The Bertz CT molecular complexity index is 1190. The molecule has 182 valence electrons. The second-order valence-corrected chi connectivity index (χ2v) is 8.48. The fraction of sp³-hybridized carbons (Fsp3) is 0.259. The summed E-state index contributed by atoms with van der Waals surface area (Å²) >= 11 is 0. The van der Waals surface area contributed by atoms with Crippen LogP contribution in [0.15, 0.2) is 73.3 Å². The molecule has 1 saturated heterocycles. The van der Waals surface area contributed by atoms with Crippen LogP contribution < -0.4 is 25.2 Å². The van der Waals surface area contributed by atoms with Gasteiger partial charge in [-0.2, -0.15) is 0 Å². The summed E-state index contributed by atoms with van der Waals surface area (Å²) in [6, 6.07) is 19.6. The predicted octanol–water partition coefficient (Wildman–Crippen LogP) is 4.48. The summed E-state index contributed by atoms with van der Waals surface area (Å²) in [6.45, 7) is 7.60. The maximum Gasteiger partial charge on any atom is 0.247 e. The molecule has 1 aliphatic rings. The molecule has 8 heteroatoms. The minimum atomic E-state index is -0.248. The van der Waals surface area contributed by atoms with Crippen molar-refractivity contribution in [2.75, 3.05) is 67.8 Å². The highest BCUT2D eigenvalue weighted by molar-refractivity contribution is 5.99. The summed E-state index contributed by atoms with van der Waals surface area (Å²) in [6.07, 6.45) is 1.25. The summed E-state index contributed by atoms with van der Waals surface area (Å²) in [5.74, 6) is 1.99. The van der Waals surface area contributed by atoms with Crippen LogP contribution in [0, 0.1) is 0 Å². The standard InChI is InChI=1S/C27H32N6O2/c1-5-27(34)28-20-8-6-9-21(18-20)32(3)26-11-7-10-25(30-26)29-23-13-12-22(19-24(23)35-4)33-16-14-31(2)15-17-33/h5-13,18-19H,1,14-17H2,2-4H3,(H,28,34)(H,29,30). The van der Waals surface area contributed by atoms with Crippen LogP contribution in [0.4, 0.5) is 34.4 Å². The molecule has 0 bridgehead atoms. The van der Waals surface area contributed by atoms with Crippen LogP contribution in [0.2, 0.25) is 0 Å². The smallest absolute Gasteiger partial charge is 0.247 e. The summed E-state index contributed by atoms with van der Waals surface area (Å²) in [5, 5.41) is 6.18. The first kappa shape index (κ1) is 24.1. The maximum absolute atomic E-state index is 11.6. The van der Waals surface area contributed by atoms with Gasteiger partial charge in [0.05, 0.1) is 12.8 Å². The largest absolute Gasteiger partial charge is 0.494 e. The number of likely N-dealkylation sites (N-methyl/N-ethyl adjacent to an activating group) is 1. The first-order valence-corrected chi connectivity index (χ1v) is 11.6. The van der Waals surface area contributed by atoms with Gasteiger partial charge in [-0.05, 0) is 55.6 Å². The average Bonchev–Trinajstić information content (AvgIpc) is 2.89. The van der Waals surface area contributed by atoms with Crippen LogP contribution in [0.1, 0.15) is 0 Å². The first-order chi connectivity index (χ1) is 17.0.